The minimum atomic E-state index is -4.11. The average molecular weight is 246 g/mol. The molecule has 0 saturated carbocycles. The molecule has 1 heterocycles. The van der Waals surface area contributed by atoms with Crippen LogP contribution in [0, 0.1) is 5.41 Å². The molecule has 16 heavy (non-hydrogen) atoms. The van der Waals surface area contributed by atoms with Crippen LogP contribution in [-0.2, 0) is 10.1 Å². The summed E-state index contributed by atoms with van der Waals surface area (Å²) in [5, 5.41) is 4.36. The lowest BCUT2D eigenvalue weighted by Gasteiger charge is -2.12. The standard InChI is InChI=1S/C10H18N2O3S/c1-8-10(3,4)9(2)12(11-8)6-5-7-16(13,14)15/h5-7H2,1-4H3. The van der Waals surface area contributed by atoms with Gasteiger partial charge in [0.15, 0.2) is 12.3 Å². The molecule has 1 rings (SSSR count). The van der Waals surface area contributed by atoms with Gasteiger partial charge in [-0.25, -0.2) is 8.42 Å². The van der Waals surface area contributed by atoms with Crippen molar-refractivity contribution < 1.29 is 17.7 Å². The van der Waals surface area contributed by atoms with Crippen molar-refractivity contribution in [2.45, 2.75) is 34.1 Å². The molecule has 0 atom stereocenters. The molecule has 1 aliphatic heterocycles. The predicted molar refractivity (Wildman–Crippen MR) is 61.9 cm³/mol. The second-order valence-corrected chi connectivity index (χ2v) is 6.16. The van der Waals surface area contributed by atoms with Crippen LogP contribution < -0.4 is 0 Å². The van der Waals surface area contributed by atoms with Crippen molar-refractivity contribution in [3.05, 3.63) is 0 Å². The van der Waals surface area contributed by atoms with Gasteiger partial charge < -0.3 is 4.55 Å². The molecule has 5 nitrogen and oxygen atoms in total. The average Bonchev–Trinajstić information content (AvgIpc) is 2.28. The van der Waals surface area contributed by atoms with Gasteiger partial charge in [0.25, 0.3) is 0 Å². The number of hydrogen-bond acceptors (Lipinski definition) is 4. The highest BCUT2D eigenvalue weighted by molar-refractivity contribution is 7.85. The van der Waals surface area contributed by atoms with Gasteiger partial charge >= 0.3 is 0 Å². The molecule has 0 aromatic heterocycles. The molecule has 0 aromatic rings. The van der Waals surface area contributed by atoms with Crippen LogP contribution in [0.5, 0.6) is 0 Å². The van der Waals surface area contributed by atoms with E-state index in [1.54, 1.807) is 4.68 Å². The van der Waals surface area contributed by atoms with Crippen molar-refractivity contribution in [1.82, 2.24) is 0 Å². The van der Waals surface area contributed by atoms with E-state index in [2.05, 4.69) is 18.9 Å². The summed E-state index contributed by atoms with van der Waals surface area (Å²) in [6.07, 6.45) is 0.316. The van der Waals surface area contributed by atoms with Crippen LogP contribution in [0.15, 0.2) is 5.10 Å². The highest BCUT2D eigenvalue weighted by atomic mass is 32.2. The van der Waals surface area contributed by atoms with Gasteiger partial charge in [-0.05, 0) is 25.9 Å². The SMILES string of the molecule is CC1=N[N+](CCCS(=O)(=O)[O-])=C(C)C1(C)C. The molecule has 0 aliphatic carbocycles. The van der Waals surface area contributed by atoms with Crippen LogP contribution in [0.25, 0.3) is 0 Å². The van der Waals surface area contributed by atoms with E-state index >= 15 is 0 Å². The second kappa shape index (κ2) is 4.25. The lowest BCUT2D eigenvalue weighted by Crippen LogP contribution is -2.28. The fraction of sp³-hybridized carbons (Fsp3) is 0.800. The number of rotatable bonds is 4. The fourth-order valence-electron chi connectivity index (χ4n) is 1.57. The second-order valence-electron chi connectivity index (χ2n) is 4.63. The van der Waals surface area contributed by atoms with Crippen molar-refractivity contribution in [2.75, 3.05) is 12.3 Å². The molecule has 0 fully saturated rings. The van der Waals surface area contributed by atoms with Crippen LogP contribution >= 0.6 is 0 Å². The van der Waals surface area contributed by atoms with Gasteiger partial charge in [-0.2, -0.15) is 0 Å². The Morgan fingerprint density at radius 2 is 1.94 bits per heavy atom. The first-order valence-corrected chi connectivity index (χ1v) is 6.83. The van der Waals surface area contributed by atoms with Gasteiger partial charge in [0.2, 0.25) is 0 Å². The zero-order valence-corrected chi connectivity index (χ0v) is 11.0. The normalized spacial score (nSPS) is 20.2. The Balaban J connectivity index is 2.67. The first kappa shape index (κ1) is 13.3. The van der Waals surface area contributed by atoms with Gasteiger partial charge in [0.05, 0.1) is 21.2 Å². The summed E-state index contributed by atoms with van der Waals surface area (Å²) in [6, 6.07) is 0. The maximum Gasteiger partial charge on any atom is 0.193 e. The van der Waals surface area contributed by atoms with E-state index in [4.69, 9.17) is 0 Å². The molecular weight excluding hydrogens is 228 g/mol. The first-order chi connectivity index (χ1) is 7.14. The quantitative estimate of drug-likeness (QED) is 0.544. The summed E-state index contributed by atoms with van der Waals surface area (Å²) in [4.78, 5) is 0. The molecule has 0 N–H and O–H groups in total. The topological polar surface area (TPSA) is 72.6 Å². The third-order valence-corrected chi connectivity index (χ3v) is 4.02. The maximum atomic E-state index is 10.5. The molecule has 0 unspecified atom stereocenters. The van der Waals surface area contributed by atoms with E-state index < -0.39 is 10.1 Å². The molecule has 6 heteroatoms. The lowest BCUT2D eigenvalue weighted by molar-refractivity contribution is -0.531. The molecule has 0 bridgehead atoms. The van der Waals surface area contributed by atoms with E-state index in [-0.39, 0.29) is 11.2 Å². The Labute approximate surface area is 96.6 Å². The number of hydrazone groups is 1. The third-order valence-electron chi connectivity index (χ3n) is 3.23. The van der Waals surface area contributed by atoms with Crippen LogP contribution in [0.1, 0.15) is 34.1 Å². The van der Waals surface area contributed by atoms with E-state index in [1.807, 2.05) is 13.8 Å². The van der Waals surface area contributed by atoms with Gasteiger partial charge in [-0.3, -0.25) is 0 Å². The Morgan fingerprint density at radius 3 is 2.31 bits per heavy atom. The van der Waals surface area contributed by atoms with E-state index in [0.29, 0.717) is 13.0 Å². The van der Waals surface area contributed by atoms with Gasteiger partial charge in [0.1, 0.15) is 0 Å². The van der Waals surface area contributed by atoms with Crippen molar-refractivity contribution >= 4 is 21.5 Å². The molecule has 0 aromatic carbocycles. The molecule has 0 spiro atoms. The number of nitrogens with zero attached hydrogens (tertiary/aromatic N) is 2. The van der Waals surface area contributed by atoms with Crippen molar-refractivity contribution in [1.29, 1.82) is 0 Å². The Bertz CT molecular complexity index is 447. The largest absolute Gasteiger partial charge is 0.748 e. The number of hydrogen-bond donors (Lipinski definition) is 0. The smallest absolute Gasteiger partial charge is 0.193 e. The van der Waals surface area contributed by atoms with Crippen LogP contribution in [-0.4, -0.2) is 41.4 Å². The Hall–Kier alpha value is -0.750. The molecule has 92 valence electrons. The molecule has 1 aliphatic rings. The molecule has 0 saturated heterocycles. The van der Waals surface area contributed by atoms with Crippen LogP contribution in [0.2, 0.25) is 0 Å². The zero-order chi connectivity index (χ0) is 12.6. The third kappa shape index (κ3) is 2.89. The highest BCUT2D eigenvalue weighted by Crippen LogP contribution is 2.25. The van der Waals surface area contributed by atoms with Crippen LogP contribution in [0.3, 0.4) is 0 Å². The Kier molecular flexibility index (Phi) is 3.54. The van der Waals surface area contributed by atoms with E-state index in [1.165, 1.54) is 0 Å². The minimum Gasteiger partial charge on any atom is -0.748 e. The summed E-state index contributed by atoms with van der Waals surface area (Å²) in [5.41, 5.74) is 2.03. The molecule has 0 radical (unpaired) electrons. The summed E-state index contributed by atoms with van der Waals surface area (Å²) in [6.45, 7) is 8.56. The lowest BCUT2D eigenvalue weighted by atomic mass is 9.84. The molecule has 0 amide bonds. The summed E-state index contributed by atoms with van der Waals surface area (Å²) in [5.74, 6) is -0.328. The van der Waals surface area contributed by atoms with Gasteiger partial charge in [-0.15, -0.1) is 0 Å². The fourth-order valence-corrected chi connectivity index (χ4v) is 2.06. The van der Waals surface area contributed by atoms with E-state index in [9.17, 15) is 13.0 Å². The van der Waals surface area contributed by atoms with Crippen molar-refractivity contribution in [3.8, 4) is 0 Å². The highest BCUT2D eigenvalue weighted by Gasteiger charge is 2.39. The zero-order valence-electron chi connectivity index (χ0n) is 10.1. The summed E-state index contributed by atoms with van der Waals surface area (Å²) in [7, 11) is -4.11. The van der Waals surface area contributed by atoms with Crippen molar-refractivity contribution in [3.63, 3.8) is 0 Å². The van der Waals surface area contributed by atoms with E-state index in [0.717, 1.165) is 11.4 Å². The van der Waals surface area contributed by atoms with Crippen LogP contribution in [0.4, 0.5) is 0 Å². The van der Waals surface area contributed by atoms with Gasteiger partial charge in [0, 0.05) is 19.1 Å². The first-order valence-electron chi connectivity index (χ1n) is 5.25. The molecular formula is C10H18N2O3S. The minimum absolute atomic E-state index is 0.0731. The Morgan fingerprint density at radius 1 is 1.38 bits per heavy atom. The van der Waals surface area contributed by atoms with Crippen molar-refractivity contribution in [2.24, 2.45) is 10.5 Å². The monoisotopic (exact) mass is 246 g/mol. The predicted octanol–water partition coefficient (Wildman–Crippen LogP) is 0.811. The summed E-state index contributed by atoms with van der Waals surface area (Å²) < 4.78 is 33.2. The maximum absolute atomic E-state index is 10.5. The summed E-state index contributed by atoms with van der Waals surface area (Å²) >= 11 is 0. The van der Waals surface area contributed by atoms with Gasteiger partial charge in [-0.1, -0.05) is 4.68 Å².